The van der Waals surface area contributed by atoms with Crippen LogP contribution in [0.15, 0.2) is 36.8 Å². The lowest BCUT2D eigenvalue weighted by atomic mass is 10.3. The van der Waals surface area contributed by atoms with E-state index in [9.17, 15) is 0 Å². The fraction of sp³-hybridized carbons (Fsp3) is 0.538. The molecule has 0 N–H and O–H groups in total. The van der Waals surface area contributed by atoms with Crippen LogP contribution in [-0.4, -0.2) is 11.0 Å². The van der Waals surface area contributed by atoms with Crippen molar-refractivity contribution in [2.75, 3.05) is 6.54 Å². The van der Waals surface area contributed by atoms with Gasteiger partial charge < -0.3 is 0 Å². The minimum Gasteiger partial charge on any atom is -0.246 e. The van der Waals surface area contributed by atoms with Crippen LogP contribution < -0.4 is 0 Å². The SMILES string of the molecule is CC=C[N+](C=CC)(C=CC)CCCC. The molecule has 0 aliphatic heterocycles. The van der Waals surface area contributed by atoms with E-state index >= 15 is 0 Å². The van der Waals surface area contributed by atoms with Gasteiger partial charge in [-0.15, -0.1) is 0 Å². The van der Waals surface area contributed by atoms with Crippen molar-refractivity contribution in [2.24, 2.45) is 0 Å². The molecule has 0 rings (SSSR count). The molecule has 0 aliphatic rings. The lowest BCUT2D eigenvalue weighted by molar-refractivity contribution is -0.773. The monoisotopic (exact) mass is 194 g/mol. The highest BCUT2D eigenvalue weighted by Gasteiger charge is 2.16. The van der Waals surface area contributed by atoms with E-state index in [1.807, 2.05) is 0 Å². The van der Waals surface area contributed by atoms with E-state index in [-0.39, 0.29) is 0 Å². The molecular formula is C13H24N+. The molecule has 0 aromatic carbocycles. The van der Waals surface area contributed by atoms with Crippen molar-refractivity contribution in [3.8, 4) is 0 Å². The third-order valence-corrected chi connectivity index (χ3v) is 2.18. The lowest BCUT2D eigenvalue weighted by Gasteiger charge is -2.26. The van der Waals surface area contributed by atoms with Gasteiger partial charge in [0, 0.05) is 0 Å². The fourth-order valence-electron chi connectivity index (χ4n) is 1.64. The molecule has 0 bridgehead atoms. The first-order chi connectivity index (χ1) is 6.74. The number of quaternary nitrogens is 1. The Hall–Kier alpha value is -0.820. The van der Waals surface area contributed by atoms with E-state index in [1.54, 1.807) is 0 Å². The van der Waals surface area contributed by atoms with Gasteiger partial charge in [-0.25, -0.2) is 4.48 Å². The van der Waals surface area contributed by atoms with E-state index in [0.717, 1.165) is 11.0 Å². The van der Waals surface area contributed by atoms with Gasteiger partial charge in [0.25, 0.3) is 0 Å². The number of rotatable bonds is 6. The Morgan fingerprint density at radius 1 is 0.857 bits per heavy atom. The van der Waals surface area contributed by atoms with Crippen molar-refractivity contribution in [1.82, 2.24) is 0 Å². The van der Waals surface area contributed by atoms with Crippen molar-refractivity contribution in [3.63, 3.8) is 0 Å². The van der Waals surface area contributed by atoms with Gasteiger partial charge in [0.15, 0.2) is 0 Å². The number of hydrogen-bond donors (Lipinski definition) is 0. The van der Waals surface area contributed by atoms with Gasteiger partial charge in [0.05, 0.1) is 6.54 Å². The first-order valence-electron chi connectivity index (χ1n) is 5.53. The predicted octanol–water partition coefficient (Wildman–Crippen LogP) is 4.20. The van der Waals surface area contributed by atoms with Crippen molar-refractivity contribution in [2.45, 2.75) is 40.5 Å². The highest BCUT2D eigenvalue weighted by atomic mass is 15.3. The second-order valence-corrected chi connectivity index (χ2v) is 3.52. The predicted molar refractivity (Wildman–Crippen MR) is 64.5 cm³/mol. The molecule has 1 nitrogen and oxygen atoms in total. The Kier molecular flexibility index (Phi) is 7.13. The normalized spacial score (nSPS) is 17.1. The molecule has 1 heteroatoms. The van der Waals surface area contributed by atoms with Crippen molar-refractivity contribution >= 4 is 0 Å². The summed E-state index contributed by atoms with van der Waals surface area (Å²) in [5, 5.41) is 0. The number of unbranched alkanes of at least 4 members (excludes halogenated alkanes) is 1. The second-order valence-electron chi connectivity index (χ2n) is 3.52. The van der Waals surface area contributed by atoms with Crippen LogP contribution in [0, 0.1) is 0 Å². The maximum Gasteiger partial charge on any atom is 0.101 e. The third kappa shape index (κ3) is 4.43. The molecule has 0 aliphatic carbocycles. The molecule has 0 saturated carbocycles. The van der Waals surface area contributed by atoms with Gasteiger partial charge in [0.2, 0.25) is 0 Å². The van der Waals surface area contributed by atoms with Crippen molar-refractivity contribution in [1.29, 1.82) is 0 Å². The van der Waals surface area contributed by atoms with E-state index in [1.165, 1.54) is 12.8 Å². The maximum absolute atomic E-state index is 2.23. The summed E-state index contributed by atoms with van der Waals surface area (Å²) >= 11 is 0. The molecule has 0 aromatic rings. The molecule has 14 heavy (non-hydrogen) atoms. The number of allylic oxidation sites excluding steroid dienone is 3. The van der Waals surface area contributed by atoms with Gasteiger partial charge in [-0.05, 0) is 45.4 Å². The quantitative estimate of drug-likeness (QED) is 0.556. The Labute approximate surface area is 89.0 Å². The molecule has 80 valence electrons. The van der Waals surface area contributed by atoms with Crippen LogP contribution in [0.1, 0.15) is 40.5 Å². The summed E-state index contributed by atoms with van der Waals surface area (Å²) in [6.45, 7) is 9.61. The first kappa shape index (κ1) is 13.2. The topological polar surface area (TPSA) is 0 Å². The Balaban J connectivity index is 4.73. The smallest absolute Gasteiger partial charge is 0.101 e. The molecule has 0 saturated heterocycles. The van der Waals surface area contributed by atoms with E-state index < -0.39 is 0 Å². The number of nitrogens with zero attached hydrogens (tertiary/aromatic N) is 1. The van der Waals surface area contributed by atoms with Crippen LogP contribution in [-0.2, 0) is 0 Å². The van der Waals surface area contributed by atoms with Gasteiger partial charge in [-0.3, -0.25) is 0 Å². The zero-order chi connectivity index (χ0) is 10.9. The van der Waals surface area contributed by atoms with E-state index in [0.29, 0.717) is 0 Å². The molecule has 0 atom stereocenters. The van der Waals surface area contributed by atoms with Crippen LogP contribution >= 0.6 is 0 Å². The largest absolute Gasteiger partial charge is 0.246 e. The van der Waals surface area contributed by atoms with Crippen LogP contribution in [0.5, 0.6) is 0 Å². The highest BCUT2D eigenvalue weighted by Crippen LogP contribution is 2.14. The third-order valence-electron chi connectivity index (χ3n) is 2.18. The van der Waals surface area contributed by atoms with Crippen LogP contribution in [0.3, 0.4) is 0 Å². The summed E-state index contributed by atoms with van der Waals surface area (Å²) in [6.07, 6.45) is 15.5. The van der Waals surface area contributed by atoms with Gasteiger partial charge in [-0.2, -0.15) is 0 Å². The lowest BCUT2D eigenvalue weighted by Crippen LogP contribution is -2.31. The molecular weight excluding hydrogens is 170 g/mol. The summed E-state index contributed by atoms with van der Waals surface area (Å²) in [4.78, 5) is 0. The highest BCUT2D eigenvalue weighted by molar-refractivity contribution is 4.84. The molecule has 0 fully saturated rings. The van der Waals surface area contributed by atoms with E-state index in [4.69, 9.17) is 0 Å². The summed E-state index contributed by atoms with van der Waals surface area (Å²) < 4.78 is 0.845. The molecule has 0 heterocycles. The van der Waals surface area contributed by atoms with Crippen molar-refractivity contribution in [3.05, 3.63) is 36.8 Å². The number of hydrogen-bond acceptors (Lipinski definition) is 0. The van der Waals surface area contributed by atoms with Crippen molar-refractivity contribution < 1.29 is 4.48 Å². The minimum absolute atomic E-state index is 0.845. The van der Waals surface area contributed by atoms with Crippen LogP contribution in [0.4, 0.5) is 0 Å². The summed E-state index contributed by atoms with van der Waals surface area (Å²) in [5.41, 5.74) is 0. The Morgan fingerprint density at radius 3 is 1.57 bits per heavy atom. The van der Waals surface area contributed by atoms with Gasteiger partial charge in [-0.1, -0.05) is 13.3 Å². The maximum atomic E-state index is 2.23. The molecule has 0 amide bonds. The zero-order valence-electron chi connectivity index (χ0n) is 10.0. The molecule has 0 radical (unpaired) electrons. The average molecular weight is 194 g/mol. The summed E-state index contributed by atoms with van der Waals surface area (Å²) in [7, 11) is 0. The van der Waals surface area contributed by atoms with Gasteiger partial charge >= 0.3 is 0 Å². The molecule has 0 unspecified atom stereocenters. The Bertz CT molecular complexity index is 180. The molecule has 0 aromatic heterocycles. The minimum atomic E-state index is 0.845. The first-order valence-corrected chi connectivity index (χ1v) is 5.53. The second kappa shape index (κ2) is 7.57. The van der Waals surface area contributed by atoms with Crippen LogP contribution in [0.25, 0.3) is 0 Å². The van der Waals surface area contributed by atoms with E-state index in [2.05, 4.69) is 64.5 Å². The Morgan fingerprint density at radius 2 is 1.29 bits per heavy atom. The fourth-order valence-corrected chi connectivity index (χ4v) is 1.64. The summed E-state index contributed by atoms with van der Waals surface area (Å²) in [5.74, 6) is 0. The van der Waals surface area contributed by atoms with Crippen LogP contribution in [0.2, 0.25) is 0 Å². The standard InChI is InChI=1S/C13H24N/c1-5-9-13-14(10-6-2,11-7-3)12-8-4/h6-8,10-12H,5,9,13H2,1-4H3/q+1. The molecule has 0 spiro atoms. The summed E-state index contributed by atoms with van der Waals surface area (Å²) in [6, 6.07) is 0. The average Bonchev–Trinajstić information content (AvgIpc) is 2.16. The zero-order valence-corrected chi connectivity index (χ0v) is 10.0. The van der Waals surface area contributed by atoms with Gasteiger partial charge in [0.1, 0.15) is 18.6 Å².